The minimum atomic E-state index is -0.0948. The lowest BCUT2D eigenvalue weighted by atomic mass is 10.0. The van der Waals surface area contributed by atoms with Gasteiger partial charge < -0.3 is 10.6 Å². The van der Waals surface area contributed by atoms with Crippen LogP contribution in [0.25, 0.3) is 0 Å². The van der Waals surface area contributed by atoms with Crippen molar-refractivity contribution in [3.05, 3.63) is 52.2 Å². The Morgan fingerprint density at radius 3 is 2.95 bits per heavy atom. The van der Waals surface area contributed by atoms with Gasteiger partial charge in [0.25, 0.3) is 0 Å². The lowest BCUT2D eigenvalue weighted by Gasteiger charge is -2.26. The zero-order chi connectivity index (χ0) is 14.7. The van der Waals surface area contributed by atoms with E-state index in [0.717, 1.165) is 12.2 Å². The van der Waals surface area contributed by atoms with Crippen molar-refractivity contribution in [1.29, 1.82) is 0 Å². The third-order valence-corrected chi connectivity index (χ3v) is 5.76. The van der Waals surface area contributed by atoms with Gasteiger partial charge >= 0.3 is 6.03 Å². The standard InChI is InChI=1S/C16H18N2OS2/c1-11(14-7-4-9-20-14)17-16(19)18-13-8-10-21-15-6-3-2-5-12(13)15/h2-7,9,11,13H,8,10H2,1H3,(H2,17,18,19). The zero-order valence-corrected chi connectivity index (χ0v) is 13.5. The summed E-state index contributed by atoms with van der Waals surface area (Å²) in [6, 6.07) is 12.4. The molecule has 1 aromatic heterocycles. The number of benzene rings is 1. The van der Waals surface area contributed by atoms with E-state index in [9.17, 15) is 4.79 Å². The van der Waals surface area contributed by atoms with Crippen LogP contribution in [0.1, 0.15) is 35.9 Å². The molecule has 0 saturated carbocycles. The van der Waals surface area contributed by atoms with Crippen molar-refractivity contribution in [3.8, 4) is 0 Å². The quantitative estimate of drug-likeness (QED) is 0.883. The summed E-state index contributed by atoms with van der Waals surface area (Å²) in [7, 11) is 0. The normalized spacial score (nSPS) is 18.6. The van der Waals surface area contributed by atoms with E-state index in [1.54, 1.807) is 11.3 Å². The van der Waals surface area contributed by atoms with Gasteiger partial charge in [-0.25, -0.2) is 4.79 Å². The monoisotopic (exact) mass is 318 g/mol. The van der Waals surface area contributed by atoms with E-state index in [1.807, 2.05) is 48.3 Å². The van der Waals surface area contributed by atoms with Gasteiger partial charge in [-0.1, -0.05) is 24.3 Å². The summed E-state index contributed by atoms with van der Waals surface area (Å²) in [5, 5.41) is 8.15. The average Bonchev–Trinajstić information content (AvgIpc) is 3.02. The number of fused-ring (bicyclic) bond motifs is 1. The van der Waals surface area contributed by atoms with Crippen molar-refractivity contribution in [2.75, 3.05) is 5.75 Å². The molecule has 1 aliphatic heterocycles. The summed E-state index contributed by atoms with van der Waals surface area (Å²) in [6.07, 6.45) is 0.975. The van der Waals surface area contributed by atoms with Crippen LogP contribution in [0.3, 0.4) is 0 Å². The Kier molecular flexibility index (Phi) is 4.51. The highest BCUT2D eigenvalue weighted by molar-refractivity contribution is 7.99. The number of hydrogen-bond donors (Lipinski definition) is 2. The molecule has 0 radical (unpaired) electrons. The Balaban J connectivity index is 1.63. The second-order valence-corrected chi connectivity index (χ2v) is 7.20. The number of urea groups is 1. The predicted molar refractivity (Wildman–Crippen MR) is 88.9 cm³/mol. The molecule has 2 aromatic rings. The molecule has 21 heavy (non-hydrogen) atoms. The summed E-state index contributed by atoms with van der Waals surface area (Å²) >= 11 is 3.52. The number of carbonyl (C=O) groups is 1. The molecule has 2 atom stereocenters. The van der Waals surface area contributed by atoms with E-state index in [2.05, 4.69) is 22.8 Å². The fourth-order valence-electron chi connectivity index (χ4n) is 2.50. The highest BCUT2D eigenvalue weighted by atomic mass is 32.2. The van der Waals surface area contributed by atoms with E-state index in [0.29, 0.717) is 0 Å². The average molecular weight is 318 g/mol. The summed E-state index contributed by atoms with van der Waals surface area (Å²) in [6.45, 7) is 2.01. The van der Waals surface area contributed by atoms with Crippen molar-refractivity contribution in [1.82, 2.24) is 10.6 Å². The first-order chi connectivity index (χ1) is 10.2. The van der Waals surface area contributed by atoms with Crippen LogP contribution in [-0.4, -0.2) is 11.8 Å². The van der Waals surface area contributed by atoms with E-state index in [1.165, 1.54) is 15.3 Å². The van der Waals surface area contributed by atoms with Crippen LogP contribution in [0, 0.1) is 0 Å². The molecule has 2 amide bonds. The van der Waals surface area contributed by atoms with Crippen molar-refractivity contribution in [3.63, 3.8) is 0 Å². The second-order valence-electron chi connectivity index (χ2n) is 5.08. The summed E-state index contributed by atoms with van der Waals surface area (Å²) in [5.41, 5.74) is 1.23. The number of carbonyl (C=O) groups excluding carboxylic acids is 1. The maximum absolute atomic E-state index is 12.2. The van der Waals surface area contributed by atoms with Gasteiger partial charge in [-0.15, -0.1) is 23.1 Å². The number of nitrogens with one attached hydrogen (secondary N) is 2. The van der Waals surface area contributed by atoms with Gasteiger partial charge in [0.05, 0.1) is 12.1 Å². The van der Waals surface area contributed by atoms with E-state index in [-0.39, 0.29) is 18.1 Å². The molecule has 0 aliphatic carbocycles. The SMILES string of the molecule is CC(NC(=O)NC1CCSc2ccccc21)c1cccs1. The molecular weight excluding hydrogens is 300 g/mol. The van der Waals surface area contributed by atoms with Gasteiger partial charge in [0, 0.05) is 15.5 Å². The second kappa shape index (κ2) is 6.54. The fourth-order valence-corrected chi connectivity index (χ4v) is 4.36. The van der Waals surface area contributed by atoms with Gasteiger partial charge in [-0.05, 0) is 36.4 Å². The summed E-state index contributed by atoms with van der Waals surface area (Å²) in [5.74, 6) is 1.04. The number of amides is 2. The van der Waals surface area contributed by atoms with Crippen LogP contribution >= 0.6 is 23.1 Å². The van der Waals surface area contributed by atoms with Crippen LogP contribution in [-0.2, 0) is 0 Å². The first-order valence-corrected chi connectivity index (χ1v) is 8.92. The molecule has 0 spiro atoms. The molecule has 0 saturated heterocycles. The first-order valence-electron chi connectivity index (χ1n) is 7.06. The van der Waals surface area contributed by atoms with Crippen LogP contribution in [0.2, 0.25) is 0 Å². The van der Waals surface area contributed by atoms with Crippen LogP contribution in [0.5, 0.6) is 0 Å². The van der Waals surface area contributed by atoms with Gasteiger partial charge in [-0.2, -0.15) is 0 Å². The van der Waals surface area contributed by atoms with Gasteiger partial charge in [0.15, 0.2) is 0 Å². The summed E-state index contributed by atoms with van der Waals surface area (Å²) < 4.78 is 0. The number of thiophene rings is 1. The molecule has 2 heterocycles. The molecule has 3 rings (SSSR count). The zero-order valence-electron chi connectivity index (χ0n) is 11.8. The molecule has 1 aromatic carbocycles. The highest BCUT2D eigenvalue weighted by Crippen LogP contribution is 2.35. The molecule has 110 valence electrons. The molecule has 0 bridgehead atoms. The highest BCUT2D eigenvalue weighted by Gasteiger charge is 2.22. The third kappa shape index (κ3) is 3.41. The molecule has 2 N–H and O–H groups in total. The van der Waals surface area contributed by atoms with E-state index >= 15 is 0 Å². The molecule has 1 aliphatic rings. The Hall–Kier alpha value is -1.46. The fraction of sp³-hybridized carbons (Fsp3) is 0.312. The molecular formula is C16H18N2OS2. The number of thioether (sulfide) groups is 1. The van der Waals surface area contributed by atoms with Crippen molar-refractivity contribution >= 4 is 29.1 Å². The minimum absolute atomic E-state index is 0.0400. The van der Waals surface area contributed by atoms with Crippen molar-refractivity contribution in [2.45, 2.75) is 30.3 Å². The van der Waals surface area contributed by atoms with Crippen molar-refractivity contribution in [2.24, 2.45) is 0 Å². The molecule has 5 heteroatoms. The van der Waals surface area contributed by atoms with E-state index in [4.69, 9.17) is 0 Å². The maximum Gasteiger partial charge on any atom is 0.315 e. The largest absolute Gasteiger partial charge is 0.331 e. The Morgan fingerprint density at radius 1 is 1.29 bits per heavy atom. The van der Waals surface area contributed by atoms with Crippen LogP contribution < -0.4 is 10.6 Å². The molecule has 0 fully saturated rings. The Morgan fingerprint density at radius 2 is 2.14 bits per heavy atom. The lowest BCUT2D eigenvalue weighted by Crippen LogP contribution is -2.39. The molecule has 2 unspecified atom stereocenters. The number of rotatable bonds is 3. The van der Waals surface area contributed by atoms with Gasteiger partial charge in [0.1, 0.15) is 0 Å². The van der Waals surface area contributed by atoms with E-state index < -0.39 is 0 Å². The minimum Gasteiger partial charge on any atom is -0.331 e. The lowest BCUT2D eigenvalue weighted by molar-refractivity contribution is 0.233. The van der Waals surface area contributed by atoms with Gasteiger partial charge in [-0.3, -0.25) is 0 Å². The predicted octanol–water partition coefficient (Wildman–Crippen LogP) is 4.35. The molecule has 3 nitrogen and oxygen atoms in total. The maximum atomic E-state index is 12.2. The Labute approximate surface area is 133 Å². The smallest absolute Gasteiger partial charge is 0.315 e. The van der Waals surface area contributed by atoms with Gasteiger partial charge in [0.2, 0.25) is 0 Å². The van der Waals surface area contributed by atoms with Crippen LogP contribution in [0.15, 0.2) is 46.7 Å². The number of hydrogen-bond acceptors (Lipinski definition) is 3. The van der Waals surface area contributed by atoms with Crippen molar-refractivity contribution < 1.29 is 4.79 Å². The third-order valence-electron chi connectivity index (χ3n) is 3.58. The van der Waals surface area contributed by atoms with Crippen LogP contribution in [0.4, 0.5) is 4.79 Å². The Bertz CT molecular complexity index is 612. The summed E-state index contributed by atoms with van der Waals surface area (Å²) in [4.78, 5) is 14.7. The first kappa shape index (κ1) is 14.5. The topological polar surface area (TPSA) is 41.1 Å².